The van der Waals surface area contributed by atoms with E-state index in [1.54, 1.807) is 48.5 Å². The molecule has 1 fully saturated rings. The van der Waals surface area contributed by atoms with Crippen molar-refractivity contribution < 1.29 is 14.3 Å². The summed E-state index contributed by atoms with van der Waals surface area (Å²) < 4.78 is 7.82. The van der Waals surface area contributed by atoms with E-state index >= 15 is 0 Å². The second-order valence-corrected chi connectivity index (χ2v) is 8.37. The van der Waals surface area contributed by atoms with Gasteiger partial charge in [-0.3, -0.25) is 4.79 Å². The lowest BCUT2D eigenvalue weighted by Crippen LogP contribution is -2.30. The molecule has 8 heteroatoms. The minimum atomic E-state index is -0.227. The van der Waals surface area contributed by atoms with Crippen LogP contribution in [0, 0.1) is 6.92 Å². The molecule has 34 heavy (non-hydrogen) atoms. The van der Waals surface area contributed by atoms with Crippen LogP contribution in [0.15, 0.2) is 73.1 Å². The fraction of sp³-hybridized carbons (Fsp3) is 0.192. The first-order valence-electron chi connectivity index (χ1n) is 11.2. The largest absolute Gasteiger partial charge is 0.487 e. The van der Waals surface area contributed by atoms with Gasteiger partial charge in [0, 0.05) is 35.4 Å². The number of imidazole rings is 1. The third kappa shape index (κ3) is 5.17. The number of urea groups is 1. The Morgan fingerprint density at radius 1 is 1.00 bits per heavy atom. The summed E-state index contributed by atoms with van der Waals surface area (Å²) in [5, 5.41) is 8.51. The van der Waals surface area contributed by atoms with Gasteiger partial charge in [-0.15, -0.1) is 0 Å². The van der Waals surface area contributed by atoms with E-state index in [1.807, 2.05) is 35.9 Å². The molecular weight excluding hydrogens is 430 g/mol. The lowest BCUT2D eigenvalue weighted by molar-refractivity contribution is 0.102. The fourth-order valence-electron chi connectivity index (χ4n) is 3.55. The summed E-state index contributed by atoms with van der Waals surface area (Å²) in [7, 11) is 0. The number of amides is 3. The molecule has 0 aliphatic heterocycles. The molecule has 0 atom stereocenters. The van der Waals surface area contributed by atoms with Crippen molar-refractivity contribution in [2.24, 2.45) is 0 Å². The zero-order valence-electron chi connectivity index (χ0n) is 18.7. The van der Waals surface area contributed by atoms with Crippen molar-refractivity contribution in [1.82, 2.24) is 14.7 Å². The Balaban J connectivity index is 1.14. The van der Waals surface area contributed by atoms with Gasteiger partial charge in [-0.1, -0.05) is 6.07 Å². The number of ether oxygens (including phenoxy) is 1. The van der Waals surface area contributed by atoms with Crippen molar-refractivity contribution in [1.29, 1.82) is 0 Å². The molecule has 1 aliphatic rings. The monoisotopic (exact) mass is 455 g/mol. The Morgan fingerprint density at radius 3 is 2.38 bits per heavy atom. The van der Waals surface area contributed by atoms with E-state index in [-0.39, 0.29) is 11.9 Å². The number of aromatic nitrogens is 2. The molecule has 0 radical (unpaired) electrons. The number of hydrogen-bond donors (Lipinski definition) is 3. The van der Waals surface area contributed by atoms with Gasteiger partial charge in [0.1, 0.15) is 18.0 Å². The predicted molar refractivity (Wildman–Crippen MR) is 130 cm³/mol. The molecule has 172 valence electrons. The lowest BCUT2D eigenvalue weighted by atomic mass is 10.2. The van der Waals surface area contributed by atoms with E-state index in [2.05, 4.69) is 20.9 Å². The average molecular weight is 456 g/mol. The molecule has 8 nitrogen and oxygen atoms in total. The first kappa shape index (κ1) is 21.5. The summed E-state index contributed by atoms with van der Waals surface area (Å²) in [4.78, 5) is 29.0. The van der Waals surface area contributed by atoms with E-state index in [0.717, 1.165) is 29.7 Å². The number of nitrogens with zero attached hydrogens (tertiary/aromatic N) is 2. The van der Waals surface area contributed by atoms with Crippen LogP contribution in [0.25, 0.3) is 5.65 Å². The van der Waals surface area contributed by atoms with Gasteiger partial charge >= 0.3 is 6.03 Å². The number of nitrogens with one attached hydrogen (secondary N) is 3. The van der Waals surface area contributed by atoms with Gasteiger partial charge in [-0.2, -0.15) is 0 Å². The number of hydrogen-bond acceptors (Lipinski definition) is 4. The van der Waals surface area contributed by atoms with Crippen LogP contribution in [0.3, 0.4) is 0 Å². The van der Waals surface area contributed by atoms with Gasteiger partial charge in [-0.25, -0.2) is 9.78 Å². The van der Waals surface area contributed by atoms with Crippen molar-refractivity contribution in [2.45, 2.75) is 32.4 Å². The second kappa shape index (κ2) is 9.27. The Labute approximate surface area is 197 Å². The number of fused-ring (bicyclic) bond motifs is 1. The normalized spacial score (nSPS) is 12.9. The van der Waals surface area contributed by atoms with Gasteiger partial charge in [0.05, 0.1) is 5.69 Å². The maximum absolute atomic E-state index is 12.6. The average Bonchev–Trinajstić information content (AvgIpc) is 3.54. The molecule has 5 rings (SSSR count). The minimum absolute atomic E-state index is 0.210. The summed E-state index contributed by atoms with van der Waals surface area (Å²) in [6.45, 7) is 2.36. The first-order chi connectivity index (χ1) is 16.5. The number of pyridine rings is 1. The summed E-state index contributed by atoms with van der Waals surface area (Å²) in [6.07, 6.45) is 5.98. The smallest absolute Gasteiger partial charge is 0.319 e. The Hall–Kier alpha value is -4.33. The molecule has 3 N–H and O–H groups in total. The van der Waals surface area contributed by atoms with E-state index < -0.39 is 0 Å². The van der Waals surface area contributed by atoms with E-state index in [4.69, 9.17) is 4.74 Å². The van der Waals surface area contributed by atoms with Gasteiger partial charge < -0.3 is 25.1 Å². The molecule has 1 saturated carbocycles. The molecule has 4 aromatic rings. The number of benzene rings is 2. The van der Waals surface area contributed by atoms with Gasteiger partial charge in [-0.05, 0) is 79.9 Å². The van der Waals surface area contributed by atoms with Crippen LogP contribution in [0.5, 0.6) is 5.75 Å². The molecule has 2 heterocycles. The third-order valence-corrected chi connectivity index (χ3v) is 5.54. The zero-order valence-corrected chi connectivity index (χ0v) is 18.7. The fourth-order valence-corrected chi connectivity index (χ4v) is 3.55. The van der Waals surface area contributed by atoms with Crippen LogP contribution < -0.4 is 20.7 Å². The number of carbonyl (C=O) groups is 2. The number of rotatable bonds is 7. The SMILES string of the molecule is Cc1cccn2cc(COc3ccc(C(=O)Nc4ccc(NC(=O)NC5CC5)cc4)cc3)nc12. The predicted octanol–water partition coefficient (Wildman–Crippen LogP) is 4.76. The van der Waals surface area contributed by atoms with Crippen molar-refractivity contribution in [3.05, 3.63) is 89.9 Å². The second-order valence-electron chi connectivity index (χ2n) is 8.37. The van der Waals surface area contributed by atoms with Crippen LogP contribution in [-0.2, 0) is 6.61 Å². The molecule has 2 aromatic heterocycles. The molecule has 0 unspecified atom stereocenters. The summed E-state index contributed by atoms with van der Waals surface area (Å²) in [5.41, 5.74) is 4.67. The standard InChI is InChI=1S/C26H25N5O3/c1-17-3-2-14-31-15-22(27-24(17)31)16-34-23-12-4-18(5-13-23)25(32)28-19-6-8-20(9-7-19)29-26(33)30-21-10-11-21/h2-9,12-15,21H,10-11,16H2,1H3,(H,28,32)(H2,29,30,33). The minimum Gasteiger partial charge on any atom is -0.487 e. The highest BCUT2D eigenvalue weighted by atomic mass is 16.5. The topological polar surface area (TPSA) is 96.8 Å². The number of anilines is 2. The maximum Gasteiger partial charge on any atom is 0.319 e. The molecular formula is C26H25N5O3. The van der Waals surface area contributed by atoms with E-state index in [0.29, 0.717) is 35.3 Å². The quantitative estimate of drug-likeness (QED) is 0.374. The summed E-state index contributed by atoms with van der Waals surface area (Å²) in [5.74, 6) is 0.430. The van der Waals surface area contributed by atoms with Crippen LogP contribution >= 0.6 is 0 Å². The molecule has 2 aromatic carbocycles. The van der Waals surface area contributed by atoms with E-state index in [1.165, 1.54) is 0 Å². The van der Waals surface area contributed by atoms with Gasteiger partial charge in [0.15, 0.2) is 0 Å². The molecule has 1 aliphatic carbocycles. The van der Waals surface area contributed by atoms with Crippen molar-refractivity contribution in [3.8, 4) is 5.75 Å². The highest BCUT2D eigenvalue weighted by Crippen LogP contribution is 2.20. The summed E-state index contributed by atoms with van der Waals surface area (Å²) in [6, 6.07) is 18.1. The Kier molecular flexibility index (Phi) is 5.86. The van der Waals surface area contributed by atoms with Crippen molar-refractivity contribution in [2.75, 3.05) is 10.6 Å². The highest BCUT2D eigenvalue weighted by molar-refractivity contribution is 6.04. The third-order valence-electron chi connectivity index (χ3n) is 5.54. The molecule has 3 amide bonds. The van der Waals surface area contributed by atoms with Crippen molar-refractivity contribution in [3.63, 3.8) is 0 Å². The Morgan fingerprint density at radius 2 is 1.71 bits per heavy atom. The lowest BCUT2D eigenvalue weighted by Gasteiger charge is -2.09. The zero-order chi connectivity index (χ0) is 23.5. The van der Waals surface area contributed by atoms with Crippen LogP contribution in [0.1, 0.15) is 34.5 Å². The van der Waals surface area contributed by atoms with E-state index in [9.17, 15) is 9.59 Å². The first-order valence-corrected chi connectivity index (χ1v) is 11.2. The van der Waals surface area contributed by atoms with Crippen molar-refractivity contribution >= 4 is 29.0 Å². The summed E-state index contributed by atoms with van der Waals surface area (Å²) >= 11 is 0. The van der Waals surface area contributed by atoms with Gasteiger partial charge in [0.2, 0.25) is 0 Å². The number of carbonyl (C=O) groups excluding carboxylic acids is 2. The maximum atomic E-state index is 12.6. The Bertz CT molecular complexity index is 1330. The molecule has 0 spiro atoms. The highest BCUT2D eigenvalue weighted by Gasteiger charge is 2.23. The van der Waals surface area contributed by atoms with Crippen LogP contribution in [0.2, 0.25) is 0 Å². The van der Waals surface area contributed by atoms with Crippen LogP contribution in [-0.4, -0.2) is 27.4 Å². The molecule has 0 saturated heterocycles. The van der Waals surface area contributed by atoms with Crippen LogP contribution in [0.4, 0.5) is 16.2 Å². The number of aryl methyl sites for hydroxylation is 1. The van der Waals surface area contributed by atoms with Gasteiger partial charge in [0.25, 0.3) is 5.91 Å². The molecule has 0 bridgehead atoms.